The lowest BCUT2D eigenvalue weighted by atomic mass is 9.99. The lowest BCUT2D eigenvalue weighted by Gasteiger charge is -2.20. The zero-order valence-corrected chi connectivity index (χ0v) is 16.1. The molecular formula is C20H30N2O5. The summed E-state index contributed by atoms with van der Waals surface area (Å²) in [5, 5.41) is 14.8. The lowest BCUT2D eigenvalue weighted by molar-refractivity contribution is -0.159. The van der Waals surface area contributed by atoms with Crippen LogP contribution < -0.4 is 0 Å². The number of carboxylic acids is 2. The van der Waals surface area contributed by atoms with Crippen LogP contribution in [0.5, 0.6) is 0 Å². The molecule has 1 aliphatic heterocycles. The van der Waals surface area contributed by atoms with Gasteiger partial charge in [0.2, 0.25) is 5.91 Å². The van der Waals surface area contributed by atoms with Crippen LogP contribution in [0.25, 0.3) is 0 Å². The third-order valence-corrected chi connectivity index (χ3v) is 4.71. The SMILES string of the molecule is CCN(CC)C(=O)CCCN1CCC(c2ccccc2)C1.O=C(O)C(=O)O. The van der Waals surface area contributed by atoms with E-state index in [0.29, 0.717) is 18.2 Å². The van der Waals surface area contributed by atoms with E-state index >= 15 is 0 Å². The Labute approximate surface area is 160 Å². The quantitative estimate of drug-likeness (QED) is 0.707. The highest BCUT2D eigenvalue weighted by Gasteiger charge is 2.23. The molecule has 0 spiro atoms. The Morgan fingerprint density at radius 2 is 1.67 bits per heavy atom. The van der Waals surface area contributed by atoms with Gasteiger partial charge in [0.1, 0.15) is 0 Å². The van der Waals surface area contributed by atoms with Crippen molar-refractivity contribution in [2.24, 2.45) is 0 Å². The maximum atomic E-state index is 12.0. The topological polar surface area (TPSA) is 98.2 Å². The number of carboxylic acid groups (broad SMARTS) is 2. The fourth-order valence-corrected chi connectivity index (χ4v) is 3.22. The van der Waals surface area contributed by atoms with Gasteiger partial charge in [0.05, 0.1) is 0 Å². The van der Waals surface area contributed by atoms with E-state index in [1.807, 2.05) is 18.7 Å². The number of carbonyl (C=O) groups excluding carboxylic acids is 1. The lowest BCUT2D eigenvalue weighted by Crippen LogP contribution is -2.31. The van der Waals surface area contributed by atoms with Crippen LogP contribution in [-0.2, 0) is 14.4 Å². The molecule has 1 aliphatic rings. The number of aliphatic carboxylic acids is 2. The molecule has 1 aromatic carbocycles. The molecular weight excluding hydrogens is 348 g/mol. The molecule has 1 unspecified atom stereocenters. The summed E-state index contributed by atoms with van der Waals surface area (Å²) in [5.74, 6) is -2.67. The maximum Gasteiger partial charge on any atom is 0.414 e. The van der Waals surface area contributed by atoms with Crippen LogP contribution in [0.4, 0.5) is 0 Å². The van der Waals surface area contributed by atoms with Crippen LogP contribution in [0.15, 0.2) is 30.3 Å². The van der Waals surface area contributed by atoms with Gasteiger partial charge < -0.3 is 20.0 Å². The van der Waals surface area contributed by atoms with Crippen LogP contribution >= 0.6 is 0 Å². The van der Waals surface area contributed by atoms with Crippen molar-refractivity contribution >= 4 is 17.8 Å². The van der Waals surface area contributed by atoms with E-state index in [-0.39, 0.29) is 0 Å². The van der Waals surface area contributed by atoms with Gasteiger partial charge in [-0.2, -0.15) is 0 Å². The minimum absolute atomic E-state index is 0.304. The minimum atomic E-state index is -1.82. The molecule has 0 radical (unpaired) electrons. The molecule has 0 bridgehead atoms. The van der Waals surface area contributed by atoms with Gasteiger partial charge in [0.25, 0.3) is 0 Å². The third kappa shape index (κ3) is 8.21. The predicted molar refractivity (Wildman–Crippen MR) is 103 cm³/mol. The summed E-state index contributed by atoms with van der Waals surface area (Å²) in [6.07, 6.45) is 2.92. The molecule has 1 amide bonds. The van der Waals surface area contributed by atoms with Crippen molar-refractivity contribution in [3.63, 3.8) is 0 Å². The monoisotopic (exact) mass is 378 g/mol. The van der Waals surface area contributed by atoms with E-state index in [9.17, 15) is 4.79 Å². The second kappa shape index (κ2) is 12.1. The van der Waals surface area contributed by atoms with Crippen LogP contribution in [0.1, 0.15) is 44.6 Å². The Kier molecular flexibility index (Phi) is 10.1. The summed E-state index contributed by atoms with van der Waals surface area (Å²) < 4.78 is 0. The Bertz CT molecular complexity index is 590. The first-order valence-electron chi connectivity index (χ1n) is 9.40. The highest BCUT2D eigenvalue weighted by Crippen LogP contribution is 2.26. The average molecular weight is 378 g/mol. The fraction of sp³-hybridized carbons (Fsp3) is 0.550. The number of likely N-dealkylation sites (tertiary alicyclic amines) is 1. The van der Waals surface area contributed by atoms with Crippen molar-refractivity contribution in [1.29, 1.82) is 0 Å². The second-order valence-electron chi connectivity index (χ2n) is 6.48. The fourth-order valence-electron chi connectivity index (χ4n) is 3.22. The maximum absolute atomic E-state index is 12.0. The van der Waals surface area contributed by atoms with Gasteiger partial charge in [0, 0.05) is 26.1 Å². The van der Waals surface area contributed by atoms with Gasteiger partial charge in [-0.15, -0.1) is 0 Å². The van der Waals surface area contributed by atoms with Gasteiger partial charge in [-0.1, -0.05) is 30.3 Å². The van der Waals surface area contributed by atoms with Crippen LogP contribution in [-0.4, -0.2) is 70.6 Å². The molecule has 0 aromatic heterocycles. The molecule has 1 aromatic rings. The molecule has 150 valence electrons. The number of amides is 1. The molecule has 1 fully saturated rings. The highest BCUT2D eigenvalue weighted by atomic mass is 16.4. The first kappa shape index (κ1) is 22.6. The van der Waals surface area contributed by atoms with E-state index in [4.69, 9.17) is 19.8 Å². The van der Waals surface area contributed by atoms with Crippen molar-refractivity contribution in [3.8, 4) is 0 Å². The van der Waals surface area contributed by atoms with Crippen LogP contribution in [0.2, 0.25) is 0 Å². The Hall–Kier alpha value is -2.41. The van der Waals surface area contributed by atoms with Gasteiger partial charge in [-0.3, -0.25) is 4.79 Å². The number of hydrogen-bond donors (Lipinski definition) is 2. The second-order valence-corrected chi connectivity index (χ2v) is 6.48. The molecule has 2 N–H and O–H groups in total. The van der Waals surface area contributed by atoms with Crippen molar-refractivity contribution in [3.05, 3.63) is 35.9 Å². The van der Waals surface area contributed by atoms with Crippen molar-refractivity contribution in [1.82, 2.24) is 9.80 Å². The number of carbonyl (C=O) groups is 3. The molecule has 0 aliphatic carbocycles. The van der Waals surface area contributed by atoms with Crippen LogP contribution in [0.3, 0.4) is 0 Å². The normalized spacial score (nSPS) is 16.3. The average Bonchev–Trinajstić information content (AvgIpc) is 3.13. The summed E-state index contributed by atoms with van der Waals surface area (Å²) in [4.78, 5) is 34.6. The number of hydrogen-bond acceptors (Lipinski definition) is 4. The van der Waals surface area contributed by atoms with Gasteiger partial charge in [-0.25, -0.2) is 9.59 Å². The van der Waals surface area contributed by atoms with E-state index in [1.54, 1.807) is 0 Å². The molecule has 2 rings (SSSR count). The zero-order valence-electron chi connectivity index (χ0n) is 16.1. The van der Waals surface area contributed by atoms with Gasteiger partial charge in [-0.05, 0) is 51.3 Å². The summed E-state index contributed by atoms with van der Waals surface area (Å²) in [6.45, 7) is 9.11. The van der Waals surface area contributed by atoms with Gasteiger partial charge in [0.15, 0.2) is 0 Å². The number of benzene rings is 1. The van der Waals surface area contributed by atoms with Crippen molar-refractivity contribution < 1.29 is 24.6 Å². The Morgan fingerprint density at radius 1 is 1.07 bits per heavy atom. The van der Waals surface area contributed by atoms with E-state index in [0.717, 1.165) is 32.6 Å². The number of rotatable bonds is 7. The molecule has 1 atom stereocenters. The summed E-state index contributed by atoms with van der Waals surface area (Å²) in [7, 11) is 0. The molecule has 0 saturated carbocycles. The van der Waals surface area contributed by atoms with Crippen LogP contribution in [0, 0.1) is 0 Å². The van der Waals surface area contributed by atoms with E-state index in [2.05, 4.69) is 35.2 Å². The zero-order chi connectivity index (χ0) is 20.2. The Morgan fingerprint density at radius 3 is 2.19 bits per heavy atom. The minimum Gasteiger partial charge on any atom is -0.473 e. The number of nitrogens with zero attached hydrogens (tertiary/aromatic N) is 2. The summed E-state index contributed by atoms with van der Waals surface area (Å²) in [5.41, 5.74) is 1.46. The molecule has 1 heterocycles. The van der Waals surface area contributed by atoms with E-state index in [1.165, 1.54) is 18.5 Å². The van der Waals surface area contributed by atoms with Crippen molar-refractivity contribution in [2.45, 2.75) is 39.0 Å². The Balaban J connectivity index is 0.000000527. The first-order valence-corrected chi connectivity index (χ1v) is 9.40. The summed E-state index contributed by atoms with van der Waals surface area (Å²) >= 11 is 0. The smallest absolute Gasteiger partial charge is 0.414 e. The highest BCUT2D eigenvalue weighted by molar-refractivity contribution is 6.27. The molecule has 7 nitrogen and oxygen atoms in total. The molecule has 7 heteroatoms. The summed E-state index contributed by atoms with van der Waals surface area (Å²) in [6, 6.07) is 10.8. The standard InChI is InChI=1S/C18H28N2O.C2H2O4/c1-3-20(4-2)18(21)11-8-13-19-14-12-17(15-19)16-9-6-5-7-10-16;3-1(4)2(5)6/h5-7,9-10,17H,3-4,8,11-15H2,1-2H3;(H,3,4)(H,5,6). The molecule has 1 saturated heterocycles. The third-order valence-electron chi connectivity index (χ3n) is 4.71. The van der Waals surface area contributed by atoms with E-state index < -0.39 is 11.9 Å². The first-order chi connectivity index (χ1) is 12.9. The van der Waals surface area contributed by atoms with Gasteiger partial charge >= 0.3 is 11.9 Å². The van der Waals surface area contributed by atoms with Crippen molar-refractivity contribution in [2.75, 3.05) is 32.7 Å². The predicted octanol–water partition coefficient (Wildman–Crippen LogP) is 2.28. The largest absolute Gasteiger partial charge is 0.473 e. The molecule has 27 heavy (non-hydrogen) atoms.